The van der Waals surface area contributed by atoms with Crippen molar-refractivity contribution in [2.75, 3.05) is 11.9 Å². The van der Waals surface area contributed by atoms with Crippen molar-refractivity contribution in [3.05, 3.63) is 70.9 Å². The molecule has 4 aromatic rings. The first-order chi connectivity index (χ1) is 14.2. The monoisotopic (exact) mass is 404 g/mol. The molecular weight excluding hydrogens is 388 g/mol. The van der Waals surface area contributed by atoms with E-state index in [-0.39, 0.29) is 17.5 Å². The van der Waals surface area contributed by atoms with E-state index < -0.39 is 0 Å². The van der Waals surface area contributed by atoms with E-state index in [1.54, 1.807) is 4.90 Å². The molecule has 1 aromatic carbocycles. The van der Waals surface area contributed by atoms with Gasteiger partial charge in [-0.15, -0.1) is 0 Å². The molecule has 0 saturated heterocycles. The van der Waals surface area contributed by atoms with Gasteiger partial charge >= 0.3 is 0 Å². The normalized spacial score (nSPS) is 13.3. The van der Waals surface area contributed by atoms with Gasteiger partial charge in [-0.1, -0.05) is 29.5 Å². The Balaban J connectivity index is 1.32. The lowest BCUT2D eigenvalue weighted by atomic mass is 10.1. The van der Waals surface area contributed by atoms with Crippen molar-refractivity contribution in [2.45, 2.75) is 13.0 Å². The molecule has 1 aliphatic heterocycles. The Morgan fingerprint density at radius 2 is 2.10 bits per heavy atom. The summed E-state index contributed by atoms with van der Waals surface area (Å²) in [7, 11) is 0. The van der Waals surface area contributed by atoms with Gasteiger partial charge in [0.15, 0.2) is 5.13 Å². The average molecular weight is 404 g/mol. The van der Waals surface area contributed by atoms with Gasteiger partial charge in [-0.05, 0) is 12.1 Å². The standard InChI is InChI=1S/C20H16N6O2S/c27-18(16-10-21-6-7-22-16)25-20-24-14-5-8-26(11-17(14)29-20)19(28)15-9-12-3-1-2-4-13(12)23-15/h1-4,6-7,9-10,23H,5,8,11H2,(H,24,25,27). The predicted octanol–water partition coefficient (Wildman–Crippen LogP) is 2.87. The van der Waals surface area contributed by atoms with E-state index in [1.165, 1.54) is 29.9 Å². The van der Waals surface area contributed by atoms with E-state index in [1.807, 2.05) is 30.3 Å². The molecule has 8 nitrogen and oxygen atoms in total. The third kappa shape index (κ3) is 3.36. The predicted molar refractivity (Wildman–Crippen MR) is 109 cm³/mol. The summed E-state index contributed by atoms with van der Waals surface area (Å²) in [6.45, 7) is 1.06. The number of hydrogen-bond acceptors (Lipinski definition) is 6. The molecule has 1 aliphatic rings. The zero-order chi connectivity index (χ0) is 19.8. The highest BCUT2D eigenvalue weighted by Crippen LogP contribution is 2.29. The average Bonchev–Trinajstić information content (AvgIpc) is 3.36. The number of para-hydroxylation sites is 1. The summed E-state index contributed by atoms with van der Waals surface area (Å²) in [6, 6.07) is 9.70. The van der Waals surface area contributed by atoms with Crippen molar-refractivity contribution in [1.82, 2.24) is 24.8 Å². The Morgan fingerprint density at radius 1 is 1.21 bits per heavy atom. The minimum Gasteiger partial charge on any atom is -0.351 e. The molecule has 0 atom stereocenters. The highest BCUT2D eigenvalue weighted by atomic mass is 32.1. The number of benzene rings is 1. The maximum absolute atomic E-state index is 12.9. The van der Waals surface area contributed by atoms with E-state index in [4.69, 9.17) is 0 Å². The molecular formula is C20H16N6O2S. The summed E-state index contributed by atoms with van der Waals surface area (Å²) >= 11 is 1.38. The van der Waals surface area contributed by atoms with Crippen LogP contribution in [0, 0.1) is 0 Å². The molecule has 9 heteroatoms. The van der Waals surface area contributed by atoms with Crippen molar-refractivity contribution >= 4 is 39.2 Å². The number of amides is 2. The molecule has 2 N–H and O–H groups in total. The van der Waals surface area contributed by atoms with Gasteiger partial charge in [0, 0.05) is 41.1 Å². The Hall–Kier alpha value is -3.59. The second kappa shape index (κ2) is 7.10. The van der Waals surface area contributed by atoms with E-state index in [9.17, 15) is 9.59 Å². The highest BCUT2D eigenvalue weighted by Gasteiger charge is 2.26. The highest BCUT2D eigenvalue weighted by molar-refractivity contribution is 7.15. The zero-order valence-electron chi connectivity index (χ0n) is 15.3. The van der Waals surface area contributed by atoms with Crippen LogP contribution in [0.3, 0.4) is 0 Å². The van der Waals surface area contributed by atoms with Gasteiger partial charge in [0.25, 0.3) is 11.8 Å². The van der Waals surface area contributed by atoms with Gasteiger partial charge in [-0.2, -0.15) is 0 Å². The van der Waals surface area contributed by atoms with Crippen molar-refractivity contribution in [3.8, 4) is 0 Å². The summed E-state index contributed by atoms with van der Waals surface area (Å²) in [5.74, 6) is -0.388. The van der Waals surface area contributed by atoms with Crippen LogP contribution < -0.4 is 5.32 Å². The molecule has 29 heavy (non-hydrogen) atoms. The summed E-state index contributed by atoms with van der Waals surface area (Å²) in [6.07, 6.45) is 5.04. The van der Waals surface area contributed by atoms with Crippen LogP contribution in [0.5, 0.6) is 0 Å². The topological polar surface area (TPSA) is 104 Å². The Morgan fingerprint density at radius 3 is 2.93 bits per heavy atom. The summed E-state index contributed by atoms with van der Waals surface area (Å²) in [5, 5.41) is 4.28. The van der Waals surface area contributed by atoms with Crippen LogP contribution in [0.25, 0.3) is 10.9 Å². The fraction of sp³-hybridized carbons (Fsp3) is 0.150. The maximum Gasteiger partial charge on any atom is 0.277 e. The van der Waals surface area contributed by atoms with Gasteiger partial charge in [-0.3, -0.25) is 19.9 Å². The van der Waals surface area contributed by atoms with Crippen molar-refractivity contribution < 1.29 is 9.59 Å². The minimum absolute atomic E-state index is 0.0367. The number of nitrogens with one attached hydrogen (secondary N) is 2. The number of anilines is 1. The quantitative estimate of drug-likeness (QED) is 0.546. The van der Waals surface area contributed by atoms with Crippen LogP contribution in [-0.4, -0.2) is 43.2 Å². The summed E-state index contributed by atoms with van der Waals surface area (Å²) in [4.78, 5) is 43.6. The number of carbonyl (C=O) groups is 2. The maximum atomic E-state index is 12.9. The number of aromatic amines is 1. The third-order valence-corrected chi connectivity index (χ3v) is 5.79. The second-order valence-electron chi connectivity index (χ2n) is 6.68. The Kier molecular flexibility index (Phi) is 4.28. The van der Waals surface area contributed by atoms with Crippen LogP contribution in [-0.2, 0) is 13.0 Å². The van der Waals surface area contributed by atoms with Gasteiger partial charge in [0.1, 0.15) is 11.4 Å². The number of nitrogens with zero attached hydrogens (tertiary/aromatic N) is 4. The van der Waals surface area contributed by atoms with Crippen molar-refractivity contribution in [2.24, 2.45) is 0 Å². The van der Waals surface area contributed by atoms with Gasteiger partial charge in [0.2, 0.25) is 0 Å². The first-order valence-corrected chi connectivity index (χ1v) is 9.92. The fourth-order valence-corrected chi connectivity index (χ4v) is 4.38. The molecule has 0 unspecified atom stereocenters. The van der Waals surface area contributed by atoms with E-state index in [2.05, 4.69) is 25.3 Å². The van der Waals surface area contributed by atoms with Crippen LogP contribution >= 0.6 is 11.3 Å². The molecule has 0 saturated carbocycles. The molecule has 144 valence electrons. The lowest BCUT2D eigenvalue weighted by Crippen LogP contribution is -2.35. The molecule has 0 radical (unpaired) electrons. The van der Waals surface area contributed by atoms with Crippen LogP contribution in [0.4, 0.5) is 5.13 Å². The second-order valence-corrected chi connectivity index (χ2v) is 7.76. The third-order valence-electron chi connectivity index (χ3n) is 4.80. The van der Waals surface area contributed by atoms with Gasteiger partial charge < -0.3 is 9.88 Å². The first-order valence-electron chi connectivity index (χ1n) is 9.10. The number of aromatic nitrogens is 4. The van der Waals surface area contributed by atoms with Gasteiger partial charge in [0.05, 0.1) is 18.4 Å². The molecule has 3 aromatic heterocycles. The van der Waals surface area contributed by atoms with Crippen LogP contribution in [0.2, 0.25) is 0 Å². The number of hydrogen-bond donors (Lipinski definition) is 2. The molecule has 0 fully saturated rings. The SMILES string of the molecule is O=C(Nc1nc2c(s1)CN(C(=O)c1cc3ccccc3[nH]1)CC2)c1cnccn1. The van der Waals surface area contributed by atoms with Crippen molar-refractivity contribution in [1.29, 1.82) is 0 Å². The fourth-order valence-electron chi connectivity index (χ4n) is 3.36. The van der Waals surface area contributed by atoms with E-state index in [0.717, 1.165) is 21.5 Å². The Bertz CT molecular complexity index is 1180. The number of thiazole rings is 1. The smallest absolute Gasteiger partial charge is 0.277 e. The van der Waals surface area contributed by atoms with Crippen LogP contribution in [0.15, 0.2) is 48.9 Å². The Labute approximate surface area is 169 Å². The molecule has 0 aliphatic carbocycles. The number of fused-ring (bicyclic) bond motifs is 2. The minimum atomic E-state index is -0.352. The number of rotatable bonds is 3. The molecule has 4 heterocycles. The summed E-state index contributed by atoms with van der Waals surface area (Å²) in [5.41, 5.74) is 2.68. The van der Waals surface area contributed by atoms with Crippen LogP contribution in [0.1, 0.15) is 31.5 Å². The largest absolute Gasteiger partial charge is 0.351 e. The molecule has 2 amide bonds. The number of H-pyrrole nitrogens is 1. The first kappa shape index (κ1) is 17.5. The molecule has 5 rings (SSSR count). The lowest BCUT2D eigenvalue weighted by Gasteiger charge is -2.25. The molecule has 0 spiro atoms. The summed E-state index contributed by atoms with van der Waals surface area (Å²) < 4.78 is 0. The molecule has 0 bridgehead atoms. The van der Waals surface area contributed by atoms with E-state index >= 15 is 0 Å². The lowest BCUT2D eigenvalue weighted by molar-refractivity contribution is 0.0731. The zero-order valence-corrected chi connectivity index (χ0v) is 16.1. The van der Waals surface area contributed by atoms with E-state index in [0.29, 0.717) is 30.3 Å². The van der Waals surface area contributed by atoms with Crippen molar-refractivity contribution in [3.63, 3.8) is 0 Å². The number of carbonyl (C=O) groups excluding carboxylic acids is 2. The van der Waals surface area contributed by atoms with Gasteiger partial charge in [-0.25, -0.2) is 9.97 Å².